The van der Waals surface area contributed by atoms with Crippen LogP contribution in [-0.4, -0.2) is 40.4 Å². The number of carbonyl (C=O) groups is 1. The van der Waals surface area contributed by atoms with Gasteiger partial charge in [-0.1, -0.05) is 6.07 Å². The van der Waals surface area contributed by atoms with Gasteiger partial charge in [0.1, 0.15) is 18.2 Å². The second kappa shape index (κ2) is 5.88. The van der Waals surface area contributed by atoms with Gasteiger partial charge in [0, 0.05) is 29.9 Å². The minimum atomic E-state index is -1.01. The molecule has 1 fully saturated rings. The Hall–Kier alpha value is -2.47. The summed E-state index contributed by atoms with van der Waals surface area (Å²) < 4.78 is 11.2. The number of aromatic carboxylic acids is 1. The van der Waals surface area contributed by atoms with Crippen LogP contribution >= 0.6 is 0 Å². The van der Waals surface area contributed by atoms with E-state index in [1.165, 1.54) is 6.33 Å². The number of hydrogen-bond acceptors (Lipinski definition) is 5. The minimum Gasteiger partial charge on any atom is -0.487 e. The van der Waals surface area contributed by atoms with Crippen LogP contribution in [0.1, 0.15) is 16.8 Å². The summed E-state index contributed by atoms with van der Waals surface area (Å²) in [4.78, 5) is 19.4. The number of carboxylic acid groups (broad SMARTS) is 1. The van der Waals surface area contributed by atoms with Crippen molar-refractivity contribution < 1.29 is 19.4 Å². The third kappa shape index (κ3) is 2.85. The first-order valence-electron chi connectivity index (χ1n) is 6.62. The predicted octanol–water partition coefficient (Wildman–Crippen LogP) is 2.01. The van der Waals surface area contributed by atoms with Crippen LogP contribution in [0.15, 0.2) is 36.9 Å². The molecule has 3 rings (SSSR count). The van der Waals surface area contributed by atoms with E-state index < -0.39 is 5.97 Å². The maximum atomic E-state index is 11.5. The monoisotopic (exact) mass is 286 g/mol. The van der Waals surface area contributed by atoms with Crippen molar-refractivity contribution in [1.82, 2.24) is 9.97 Å². The van der Waals surface area contributed by atoms with Crippen LogP contribution in [0.2, 0.25) is 0 Å². The van der Waals surface area contributed by atoms with Crippen molar-refractivity contribution in [2.75, 3.05) is 13.2 Å². The molecule has 1 aliphatic rings. The van der Waals surface area contributed by atoms with Gasteiger partial charge < -0.3 is 14.6 Å². The number of nitrogens with zero attached hydrogens (tertiary/aromatic N) is 2. The van der Waals surface area contributed by atoms with Crippen molar-refractivity contribution in [2.45, 2.75) is 12.5 Å². The van der Waals surface area contributed by atoms with Crippen molar-refractivity contribution in [1.29, 1.82) is 0 Å². The van der Waals surface area contributed by atoms with E-state index in [0.29, 0.717) is 30.1 Å². The summed E-state index contributed by atoms with van der Waals surface area (Å²) >= 11 is 0. The van der Waals surface area contributed by atoms with E-state index in [9.17, 15) is 9.90 Å². The molecule has 2 aromatic rings. The molecule has 6 heteroatoms. The van der Waals surface area contributed by atoms with Gasteiger partial charge in [0.05, 0.1) is 18.8 Å². The molecule has 108 valence electrons. The number of benzene rings is 1. The van der Waals surface area contributed by atoms with Crippen LogP contribution in [0.3, 0.4) is 0 Å². The lowest BCUT2D eigenvalue weighted by Gasteiger charge is -2.17. The summed E-state index contributed by atoms with van der Waals surface area (Å²) in [5, 5.41) is 9.39. The Morgan fingerprint density at radius 3 is 2.81 bits per heavy atom. The maximum absolute atomic E-state index is 11.5. The highest BCUT2D eigenvalue weighted by Gasteiger charge is 2.22. The van der Waals surface area contributed by atoms with E-state index in [1.807, 2.05) is 0 Å². The quantitative estimate of drug-likeness (QED) is 0.926. The summed E-state index contributed by atoms with van der Waals surface area (Å²) in [5.41, 5.74) is 1.28. The lowest BCUT2D eigenvalue weighted by atomic mass is 10.0. The van der Waals surface area contributed by atoms with Crippen LogP contribution < -0.4 is 4.74 Å². The molecule has 1 aromatic heterocycles. The zero-order valence-electron chi connectivity index (χ0n) is 11.2. The Balaban J connectivity index is 2.06. The molecule has 2 heterocycles. The highest BCUT2D eigenvalue weighted by atomic mass is 16.5. The average Bonchev–Trinajstić information content (AvgIpc) is 3.01. The first-order valence-corrected chi connectivity index (χ1v) is 6.62. The van der Waals surface area contributed by atoms with Gasteiger partial charge in [-0.15, -0.1) is 0 Å². The third-order valence-electron chi connectivity index (χ3n) is 3.29. The molecule has 1 N–H and O–H groups in total. The molecule has 0 aliphatic carbocycles. The van der Waals surface area contributed by atoms with Crippen LogP contribution in [0.4, 0.5) is 0 Å². The van der Waals surface area contributed by atoms with E-state index >= 15 is 0 Å². The number of hydrogen-bond donors (Lipinski definition) is 1. The predicted molar refractivity (Wildman–Crippen MR) is 74.3 cm³/mol. The molecule has 1 atom stereocenters. The van der Waals surface area contributed by atoms with Crippen molar-refractivity contribution in [3.8, 4) is 16.9 Å². The highest BCUT2D eigenvalue weighted by molar-refractivity contribution is 5.97. The fourth-order valence-electron chi connectivity index (χ4n) is 2.32. The summed E-state index contributed by atoms with van der Waals surface area (Å²) in [6.07, 6.45) is 5.29. The summed E-state index contributed by atoms with van der Waals surface area (Å²) in [7, 11) is 0. The Morgan fingerprint density at radius 1 is 1.33 bits per heavy atom. The third-order valence-corrected chi connectivity index (χ3v) is 3.29. The fourth-order valence-corrected chi connectivity index (χ4v) is 2.32. The highest BCUT2D eigenvalue weighted by Crippen LogP contribution is 2.34. The fraction of sp³-hybridized carbons (Fsp3) is 0.267. The summed E-state index contributed by atoms with van der Waals surface area (Å²) in [6.45, 7) is 1.18. The Kier molecular flexibility index (Phi) is 3.79. The lowest BCUT2D eigenvalue weighted by Crippen LogP contribution is -2.17. The summed E-state index contributed by atoms with van der Waals surface area (Å²) in [5.74, 6) is -0.498. The van der Waals surface area contributed by atoms with Gasteiger partial charge in [-0.3, -0.25) is 0 Å². The van der Waals surface area contributed by atoms with Crippen molar-refractivity contribution in [2.24, 2.45) is 0 Å². The number of rotatable bonds is 4. The molecule has 1 unspecified atom stereocenters. The second-order valence-electron chi connectivity index (χ2n) is 4.71. The van der Waals surface area contributed by atoms with Gasteiger partial charge in [0.15, 0.2) is 0 Å². The normalized spacial score (nSPS) is 17.6. The largest absolute Gasteiger partial charge is 0.487 e. The average molecular weight is 286 g/mol. The molecule has 0 bridgehead atoms. The van der Waals surface area contributed by atoms with Gasteiger partial charge in [-0.25, -0.2) is 14.8 Å². The van der Waals surface area contributed by atoms with E-state index in [0.717, 1.165) is 6.42 Å². The van der Waals surface area contributed by atoms with Crippen molar-refractivity contribution in [3.63, 3.8) is 0 Å². The van der Waals surface area contributed by atoms with Gasteiger partial charge in [0.2, 0.25) is 0 Å². The molecular weight excluding hydrogens is 272 g/mol. The molecule has 21 heavy (non-hydrogen) atoms. The first-order chi connectivity index (χ1) is 10.3. The SMILES string of the molecule is O=C(O)c1cccc(OC2CCOC2)c1-c1cncnc1. The smallest absolute Gasteiger partial charge is 0.336 e. The maximum Gasteiger partial charge on any atom is 0.336 e. The molecule has 1 saturated heterocycles. The van der Waals surface area contributed by atoms with E-state index in [1.54, 1.807) is 30.6 Å². The van der Waals surface area contributed by atoms with Crippen molar-refractivity contribution in [3.05, 3.63) is 42.5 Å². The van der Waals surface area contributed by atoms with E-state index in [4.69, 9.17) is 9.47 Å². The molecule has 0 amide bonds. The number of ether oxygens (including phenoxy) is 2. The molecule has 6 nitrogen and oxygen atoms in total. The zero-order chi connectivity index (χ0) is 14.7. The van der Waals surface area contributed by atoms with E-state index in [2.05, 4.69) is 9.97 Å². The molecular formula is C15H14N2O4. The van der Waals surface area contributed by atoms with Gasteiger partial charge in [-0.2, -0.15) is 0 Å². The molecule has 1 aromatic carbocycles. The Morgan fingerprint density at radius 2 is 2.14 bits per heavy atom. The molecule has 1 aliphatic heterocycles. The van der Waals surface area contributed by atoms with Crippen molar-refractivity contribution >= 4 is 5.97 Å². The standard InChI is InChI=1S/C15H14N2O4/c18-15(19)12-2-1-3-13(21-11-4-5-20-8-11)14(12)10-6-16-9-17-7-10/h1-3,6-7,9,11H,4-5,8H2,(H,18,19). The van der Waals surface area contributed by atoms with E-state index in [-0.39, 0.29) is 11.7 Å². The van der Waals surface area contributed by atoms with Gasteiger partial charge in [-0.05, 0) is 12.1 Å². The lowest BCUT2D eigenvalue weighted by molar-refractivity contribution is 0.0697. The Labute approximate surface area is 121 Å². The van der Waals surface area contributed by atoms with Gasteiger partial charge >= 0.3 is 5.97 Å². The topological polar surface area (TPSA) is 81.5 Å². The molecule has 0 saturated carbocycles. The molecule has 0 radical (unpaired) electrons. The Bertz CT molecular complexity index is 639. The van der Waals surface area contributed by atoms with Crippen LogP contribution in [-0.2, 0) is 4.74 Å². The van der Waals surface area contributed by atoms with Crippen LogP contribution in [0.25, 0.3) is 11.1 Å². The summed E-state index contributed by atoms with van der Waals surface area (Å²) in [6, 6.07) is 4.97. The number of carboxylic acids is 1. The van der Waals surface area contributed by atoms with Crippen LogP contribution in [0.5, 0.6) is 5.75 Å². The van der Waals surface area contributed by atoms with Crippen LogP contribution in [0, 0.1) is 0 Å². The minimum absolute atomic E-state index is 0.0579. The molecule has 0 spiro atoms. The first kappa shape index (κ1) is 13.5. The number of aromatic nitrogens is 2. The van der Waals surface area contributed by atoms with Gasteiger partial charge in [0.25, 0.3) is 0 Å². The second-order valence-corrected chi connectivity index (χ2v) is 4.71. The zero-order valence-corrected chi connectivity index (χ0v) is 11.2.